The summed E-state index contributed by atoms with van der Waals surface area (Å²) in [7, 11) is 0. The van der Waals surface area contributed by atoms with Crippen molar-refractivity contribution in [3.8, 4) is 0 Å². The molecule has 0 saturated heterocycles. The number of carbonyl (C=O) groups is 1. The molecular weight excluding hydrogens is 466 g/mol. The summed E-state index contributed by atoms with van der Waals surface area (Å²) in [4.78, 5) is 41.9. The van der Waals surface area contributed by atoms with Gasteiger partial charge in [-0.15, -0.1) is 0 Å². The van der Waals surface area contributed by atoms with Crippen LogP contribution >= 0.6 is 22.9 Å². The molecule has 2 aromatic carbocycles. The summed E-state index contributed by atoms with van der Waals surface area (Å²) in [6, 6.07) is 12.2. The number of benzene rings is 2. The Labute approximate surface area is 196 Å². The van der Waals surface area contributed by atoms with Crippen molar-refractivity contribution in [3.63, 3.8) is 0 Å². The molecule has 0 spiro atoms. The van der Waals surface area contributed by atoms with E-state index in [0.717, 1.165) is 11.3 Å². The van der Waals surface area contributed by atoms with Gasteiger partial charge in [-0.3, -0.25) is 19.5 Å². The number of ether oxygens (including phenoxy) is 1. The van der Waals surface area contributed by atoms with Gasteiger partial charge in [-0.2, -0.15) is 0 Å². The molecule has 0 N–H and O–H groups in total. The van der Waals surface area contributed by atoms with Crippen LogP contribution in [0.4, 0.5) is 5.69 Å². The Bertz CT molecular complexity index is 1490. The zero-order valence-electron chi connectivity index (χ0n) is 17.6. The van der Waals surface area contributed by atoms with Crippen LogP contribution in [-0.2, 0) is 9.53 Å². The molecule has 0 fully saturated rings. The van der Waals surface area contributed by atoms with Crippen LogP contribution in [0.2, 0.25) is 5.02 Å². The van der Waals surface area contributed by atoms with Crippen molar-refractivity contribution >= 4 is 40.7 Å². The maximum absolute atomic E-state index is 13.5. The second-order valence-electron chi connectivity index (χ2n) is 7.18. The molecule has 1 aliphatic rings. The van der Waals surface area contributed by atoms with Crippen molar-refractivity contribution in [2.45, 2.75) is 19.9 Å². The van der Waals surface area contributed by atoms with Crippen LogP contribution in [0, 0.1) is 10.1 Å². The van der Waals surface area contributed by atoms with E-state index in [2.05, 4.69) is 4.99 Å². The number of nitro benzene ring substituents is 1. The van der Waals surface area contributed by atoms with Gasteiger partial charge >= 0.3 is 5.97 Å². The molecule has 1 unspecified atom stereocenters. The Kier molecular flexibility index (Phi) is 6.26. The van der Waals surface area contributed by atoms with Gasteiger partial charge in [0.25, 0.3) is 11.2 Å². The predicted molar refractivity (Wildman–Crippen MR) is 125 cm³/mol. The molecule has 4 rings (SSSR count). The van der Waals surface area contributed by atoms with Crippen molar-refractivity contribution in [2.75, 3.05) is 6.61 Å². The smallest absolute Gasteiger partial charge is 0.338 e. The standard InChI is InChI=1S/C23H18ClN3O5S/c1-3-32-22(29)19-13(2)25-23-26(20(19)16-9-4-5-10-17(16)24)21(28)18(33-23)12-14-7-6-8-15(11-14)27(30)31/h4-12,20H,3H2,1-2H3/b18-12-. The highest BCUT2D eigenvalue weighted by Crippen LogP contribution is 2.34. The molecule has 2 heterocycles. The lowest BCUT2D eigenvalue weighted by molar-refractivity contribution is -0.384. The fourth-order valence-corrected chi connectivity index (χ4v) is 4.95. The number of carbonyl (C=O) groups excluding carboxylic acids is 1. The molecular formula is C23H18ClN3O5S. The monoisotopic (exact) mass is 483 g/mol. The third-order valence-electron chi connectivity index (χ3n) is 5.10. The van der Waals surface area contributed by atoms with Gasteiger partial charge in [0.1, 0.15) is 6.04 Å². The molecule has 3 aromatic rings. The molecule has 0 bridgehead atoms. The number of hydrogen-bond donors (Lipinski definition) is 0. The number of halogens is 1. The summed E-state index contributed by atoms with van der Waals surface area (Å²) in [5.74, 6) is -0.573. The van der Waals surface area contributed by atoms with E-state index in [1.54, 1.807) is 56.3 Å². The van der Waals surface area contributed by atoms with Crippen LogP contribution in [0.15, 0.2) is 69.6 Å². The summed E-state index contributed by atoms with van der Waals surface area (Å²) in [5, 5.41) is 11.5. The summed E-state index contributed by atoms with van der Waals surface area (Å²) >= 11 is 7.60. The number of rotatable bonds is 5. The Balaban J connectivity index is 1.96. The normalized spacial score (nSPS) is 15.7. The number of nitrogens with zero attached hydrogens (tertiary/aromatic N) is 3. The average molecular weight is 484 g/mol. The highest BCUT2D eigenvalue weighted by molar-refractivity contribution is 7.07. The first-order valence-electron chi connectivity index (χ1n) is 10.0. The third-order valence-corrected chi connectivity index (χ3v) is 6.42. The molecule has 10 heteroatoms. The van der Waals surface area contributed by atoms with Crippen molar-refractivity contribution in [2.24, 2.45) is 4.99 Å². The maximum atomic E-state index is 13.5. The lowest BCUT2D eigenvalue weighted by Crippen LogP contribution is -2.40. The van der Waals surface area contributed by atoms with E-state index >= 15 is 0 Å². The van der Waals surface area contributed by atoms with Crippen molar-refractivity contribution < 1.29 is 14.5 Å². The lowest BCUT2D eigenvalue weighted by Gasteiger charge is -2.25. The van der Waals surface area contributed by atoms with Gasteiger partial charge in [0.15, 0.2) is 4.80 Å². The van der Waals surface area contributed by atoms with Gasteiger partial charge < -0.3 is 4.74 Å². The Morgan fingerprint density at radius 2 is 2.06 bits per heavy atom. The lowest BCUT2D eigenvalue weighted by atomic mass is 9.96. The SMILES string of the molecule is CCOC(=O)C1=C(C)N=c2s/c(=C\c3cccc([N+](=O)[O-])c3)c(=O)n2C1c1ccccc1Cl. The molecule has 0 amide bonds. The topological polar surface area (TPSA) is 104 Å². The molecule has 8 nitrogen and oxygen atoms in total. The largest absolute Gasteiger partial charge is 0.463 e. The average Bonchev–Trinajstić information content (AvgIpc) is 3.08. The Morgan fingerprint density at radius 3 is 2.76 bits per heavy atom. The molecule has 1 aliphatic heterocycles. The van der Waals surface area contributed by atoms with E-state index in [0.29, 0.717) is 31.2 Å². The van der Waals surface area contributed by atoms with Crippen LogP contribution in [0.25, 0.3) is 6.08 Å². The first-order chi connectivity index (χ1) is 15.8. The van der Waals surface area contributed by atoms with Crippen LogP contribution in [-0.4, -0.2) is 22.1 Å². The zero-order valence-corrected chi connectivity index (χ0v) is 19.2. The first-order valence-corrected chi connectivity index (χ1v) is 11.2. The number of non-ortho nitro benzene ring substituents is 1. The summed E-state index contributed by atoms with van der Waals surface area (Å²) in [6.45, 7) is 3.56. The Morgan fingerprint density at radius 1 is 1.30 bits per heavy atom. The van der Waals surface area contributed by atoms with E-state index < -0.39 is 16.9 Å². The van der Waals surface area contributed by atoms with Crippen LogP contribution in [0.1, 0.15) is 31.0 Å². The van der Waals surface area contributed by atoms with E-state index in [1.165, 1.54) is 16.7 Å². The minimum atomic E-state index is -0.818. The zero-order chi connectivity index (χ0) is 23.7. The molecule has 168 valence electrons. The van der Waals surface area contributed by atoms with Gasteiger partial charge in [-0.25, -0.2) is 9.79 Å². The predicted octanol–water partition coefficient (Wildman–Crippen LogP) is 3.36. The highest BCUT2D eigenvalue weighted by atomic mass is 35.5. The highest BCUT2D eigenvalue weighted by Gasteiger charge is 2.34. The fraction of sp³-hybridized carbons (Fsp3) is 0.174. The number of esters is 1. The number of aromatic nitrogens is 1. The summed E-state index contributed by atoms with van der Waals surface area (Å²) < 4.78 is 7.00. The van der Waals surface area contributed by atoms with E-state index in [9.17, 15) is 19.7 Å². The maximum Gasteiger partial charge on any atom is 0.338 e. The van der Waals surface area contributed by atoms with E-state index in [1.807, 2.05) is 0 Å². The summed E-state index contributed by atoms with van der Waals surface area (Å²) in [5.41, 5.74) is 1.28. The Hall–Kier alpha value is -3.56. The number of fused-ring (bicyclic) bond motifs is 1. The molecule has 1 aromatic heterocycles. The second-order valence-corrected chi connectivity index (χ2v) is 8.59. The molecule has 0 radical (unpaired) electrons. The quantitative estimate of drug-likeness (QED) is 0.314. The van der Waals surface area contributed by atoms with Crippen molar-refractivity contribution in [1.29, 1.82) is 0 Å². The minimum Gasteiger partial charge on any atom is -0.463 e. The molecule has 1 atom stereocenters. The minimum absolute atomic E-state index is 0.0779. The third kappa shape index (κ3) is 4.24. The van der Waals surface area contributed by atoms with Gasteiger partial charge in [0, 0.05) is 17.2 Å². The van der Waals surface area contributed by atoms with Crippen LogP contribution < -0.4 is 14.9 Å². The van der Waals surface area contributed by atoms with Crippen LogP contribution in [0.5, 0.6) is 0 Å². The summed E-state index contributed by atoms with van der Waals surface area (Å²) in [6.07, 6.45) is 1.57. The number of thiazole rings is 1. The van der Waals surface area contributed by atoms with Crippen molar-refractivity contribution in [1.82, 2.24) is 4.57 Å². The number of hydrogen-bond acceptors (Lipinski definition) is 7. The van der Waals surface area contributed by atoms with E-state index in [-0.39, 0.29) is 23.4 Å². The van der Waals surface area contributed by atoms with Crippen LogP contribution in [0.3, 0.4) is 0 Å². The van der Waals surface area contributed by atoms with Gasteiger partial charge in [0.2, 0.25) is 0 Å². The van der Waals surface area contributed by atoms with Gasteiger partial charge in [-0.1, -0.05) is 53.3 Å². The van der Waals surface area contributed by atoms with E-state index in [4.69, 9.17) is 16.3 Å². The first kappa shape index (κ1) is 22.6. The van der Waals surface area contributed by atoms with Gasteiger partial charge in [0.05, 0.1) is 27.3 Å². The molecule has 0 aliphatic carbocycles. The number of nitro groups is 1. The molecule has 0 saturated carbocycles. The van der Waals surface area contributed by atoms with Gasteiger partial charge in [-0.05, 0) is 37.1 Å². The van der Waals surface area contributed by atoms with Crippen molar-refractivity contribution in [3.05, 3.63) is 106 Å². The number of allylic oxidation sites excluding steroid dienone is 1. The second kappa shape index (κ2) is 9.13. The fourth-order valence-electron chi connectivity index (χ4n) is 3.66. The molecule has 33 heavy (non-hydrogen) atoms.